The third kappa shape index (κ3) is 4.37. The van der Waals surface area contributed by atoms with Gasteiger partial charge >= 0.3 is 0 Å². The molecule has 0 heterocycles. The molecule has 0 saturated carbocycles. The minimum absolute atomic E-state index is 0.00378. The number of fused-ring (bicyclic) bond motifs is 6. The van der Waals surface area contributed by atoms with Crippen LogP contribution in [0.2, 0.25) is 0 Å². The van der Waals surface area contributed by atoms with Crippen molar-refractivity contribution in [1.29, 1.82) is 21.0 Å². The van der Waals surface area contributed by atoms with Crippen molar-refractivity contribution in [2.75, 3.05) is 0 Å². The SMILES string of the molecule is N#CC(C#N)=C1c2ccc(S(=O)(=O)c3ccccc3)cc2-c2cc3c(cc21)C(=C(C#N)C#N)c1ccc(S(=O)(=O)c2ccccc2)cc1-3. The first-order valence-electron chi connectivity index (χ1n) is 14.3. The zero-order chi connectivity index (χ0) is 33.8. The Labute approximate surface area is 276 Å². The number of sulfone groups is 2. The molecule has 0 amide bonds. The normalized spacial score (nSPS) is 12.3. The van der Waals surface area contributed by atoms with Crippen molar-refractivity contribution in [3.8, 4) is 46.5 Å². The second kappa shape index (κ2) is 11.1. The molecule has 7 rings (SSSR count). The highest BCUT2D eigenvalue weighted by Crippen LogP contribution is 2.54. The number of hydrogen-bond donors (Lipinski definition) is 0. The number of allylic oxidation sites excluding steroid dienone is 2. The molecule has 0 aromatic heterocycles. The molecule has 5 aromatic carbocycles. The Morgan fingerprint density at radius 3 is 1.06 bits per heavy atom. The molecule has 48 heavy (non-hydrogen) atoms. The third-order valence-corrected chi connectivity index (χ3v) is 12.0. The molecule has 0 N–H and O–H groups in total. The lowest BCUT2D eigenvalue weighted by molar-refractivity contribution is 0.594. The molecule has 0 aliphatic heterocycles. The minimum Gasteiger partial charge on any atom is -0.219 e. The molecule has 8 nitrogen and oxygen atoms in total. The Bertz CT molecular complexity index is 2500. The molecule has 0 spiro atoms. The Morgan fingerprint density at radius 1 is 0.375 bits per heavy atom. The van der Waals surface area contributed by atoms with Gasteiger partial charge in [-0.05, 0) is 105 Å². The van der Waals surface area contributed by atoms with Gasteiger partial charge in [0, 0.05) is 11.1 Å². The van der Waals surface area contributed by atoms with Gasteiger partial charge < -0.3 is 0 Å². The van der Waals surface area contributed by atoms with E-state index in [2.05, 4.69) is 0 Å². The number of benzene rings is 5. The Kier molecular flexibility index (Phi) is 6.93. The molecule has 5 aromatic rings. The molecular weight excluding hydrogens is 641 g/mol. The summed E-state index contributed by atoms with van der Waals surface area (Å²) in [6.45, 7) is 0. The Morgan fingerprint density at radius 2 is 0.708 bits per heavy atom. The molecule has 0 atom stereocenters. The number of hydrogen-bond acceptors (Lipinski definition) is 8. The van der Waals surface area contributed by atoms with E-state index in [9.17, 15) is 37.9 Å². The van der Waals surface area contributed by atoms with Crippen LogP contribution in [0.3, 0.4) is 0 Å². The summed E-state index contributed by atoms with van der Waals surface area (Å²) in [6.07, 6.45) is 0. The zero-order valence-electron chi connectivity index (χ0n) is 24.6. The summed E-state index contributed by atoms with van der Waals surface area (Å²) >= 11 is 0. The van der Waals surface area contributed by atoms with Crippen molar-refractivity contribution in [3.63, 3.8) is 0 Å². The molecule has 0 radical (unpaired) electrons. The molecule has 2 aliphatic carbocycles. The first-order chi connectivity index (χ1) is 23.1. The summed E-state index contributed by atoms with van der Waals surface area (Å²) in [5.41, 5.74) is 3.89. The van der Waals surface area contributed by atoms with Crippen molar-refractivity contribution in [3.05, 3.63) is 143 Å². The molecule has 0 saturated heterocycles. The van der Waals surface area contributed by atoms with Gasteiger partial charge in [-0.25, -0.2) is 16.8 Å². The summed E-state index contributed by atoms with van der Waals surface area (Å²) in [4.78, 5) is 0.200. The van der Waals surface area contributed by atoms with Crippen molar-refractivity contribution in [1.82, 2.24) is 0 Å². The molecule has 0 unspecified atom stereocenters. The Balaban J connectivity index is 1.53. The van der Waals surface area contributed by atoms with Crippen molar-refractivity contribution in [2.24, 2.45) is 0 Å². The molecule has 0 bridgehead atoms. The van der Waals surface area contributed by atoms with E-state index < -0.39 is 19.7 Å². The quantitative estimate of drug-likeness (QED) is 0.182. The maximum absolute atomic E-state index is 13.6. The maximum atomic E-state index is 13.6. The summed E-state index contributed by atoms with van der Waals surface area (Å²) in [5, 5.41) is 39.8. The summed E-state index contributed by atoms with van der Waals surface area (Å²) in [7, 11) is -7.88. The van der Waals surface area contributed by atoms with Gasteiger partial charge in [0.15, 0.2) is 0 Å². The van der Waals surface area contributed by atoms with Gasteiger partial charge in [0.05, 0.1) is 19.6 Å². The first kappa shape index (κ1) is 30.1. The van der Waals surface area contributed by atoms with Gasteiger partial charge in [-0.1, -0.05) is 48.5 Å². The number of nitrogens with zero attached hydrogens (tertiary/aromatic N) is 4. The number of rotatable bonds is 4. The van der Waals surface area contributed by atoms with E-state index in [0.717, 1.165) is 0 Å². The van der Waals surface area contributed by atoms with E-state index in [1.165, 1.54) is 48.5 Å². The maximum Gasteiger partial charge on any atom is 0.206 e. The van der Waals surface area contributed by atoms with Gasteiger partial charge in [0.2, 0.25) is 19.7 Å². The topological polar surface area (TPSA) is 163 Å². The van der Waals surface area contributed by atoms with Crippen LogP contribution in [-0.2, 0) is 19.7 Å². The highest BCUT2D eigenvalue weighted by atomic mass is 32.2. The average molecular weight is 659 g/mol. The van der Waals surface area contributed by atoms with Gasteiger partial charge in [-0.2, -0.15) is 21.0 Å². The van der Waals surface area contributed by atoms with Crippen molar-refractivity contribution >= 4 is 30.8 Å². The van der Waals surface area contributed by atoms with Crippen LogP contribution in [0.15, 0.2) is 140 Å². The van der Waals surface area contributed by atoms with E-state index in [1.54, 1.807) is 60.7 Å². The lowest BCUT2D eigenvalue weighted by atomic mass is 9.93. The zero-order valence-corrected chi connectivity index (χ0v) is 26.3. The predicted molar refractivity (Wildman–Crippen MR) is 176 cm³/mol. The molecule has 226 valence electrons. The lowest BCUT2D eigenvalue weighted by Gasteiger charge is -2.10. The standard InChI is InChI=1S/C38H18N4O4S2/c39-19-23(20-40)37-29-13-11-27(47(43,44)25-7-3-1-4-8-25)15-31(29)33-17-34-32-16-28(48(45,46)26-9-5-2-6-10-26)12-14-30(32)38(24(21-41)22-42)36(34)18-35(33)37/h1-18H. The van der Waals surface area contributed by atoms with E-state index in [-0.39, 0.29) is 41.9 Å². The fourth-order valence-electron chi connectivity index (χ4n) is 6.30. The second-order valence-electron chi connectivity index (χ2n) is 10.9. The fraction of sp³-hybridized carbons (Fsp3) is 0. The van der Waals surface area contributed by atoms with Crippen LogP contribution >= 0.6 is 0 Å². The van der Waals surface area contributed by atoms with Crippen LogP contribution < -0.4 is 0 Å². The Hall–Kier alpha value is -6.56. The van der Waals surface area contributed by atoms with Crippen molar-refractivity contribution in [2.45, 2.75) is 19.6 Å². The van der Waals surface area contributed by atoms with E-state index >= 15 is 0 Å². The van der Waals surface area contributed by atoms with E-state index in [0.29, 0.717) is 44.5 Å². The van der Waals surface area contributed by atoms with Gasteiger partial charge in [-0.3, -0.25) is 0 Å². The molecule has 0 fully saturated rings. The smallest absolute Gasteiger partial charge is 0.206 e. The molecule has 10 heteroatoms. The molecule has 2 aliphatic rings. The van der Waals surface area contributed by atoms with Gasteiger partial charge in [0.1, 0.15) is 35.4 Å². The largest absolute Gasteiger partial charge is 0.219 e. The van der Waals surface area contributed by atoms with Crippen LogP contribution in [-0.4, -0.2) is 16.8 Å². The van der Waals surface area contributed by atoms with Crippen LogP contribution in [0.1, 0.15) is 22.3 Å². The number of nitriles is 4. The van der Waals surface area contributed by atoms with Crippen LogP contribution in [0.4, 0.5) is 0 Å². The summed E-state index contributed by atoms with van der Waals surface area (Å²) < 4.78 is 54.5. The highest BCUT2D eigenvalue weighted by Gasteiger charge is 2.35. The van der Waals surface area contributed by atoms with Crippen LogP contribution in [0.25, 0.3) is 33.4 Å². The predicted octanol–water partition coefficient (Wildman–Crippen LogP) is 7.01. The second-order valence-corrected chi connectivity index (χ2v) is 14.8. The van der Waals surface area contributed by atoms with Crippen LogP contribution in [0, 0.1) is 45.3 Å². The van der Waals surface area contributed by atoms with Crippen molar-refractivity contribution < 1.29 is 16.8 Å². The van der Waals surface area contributed by atoms with E-state index in [4.69, 9.17) is 0 Å². The third-order valence-electron chi connectivity index (χ3n) is 8.47. The van der Waals surface area contributed by atoms with E-state index in [1.807, 2.05) is 24.3 Å². The monoisotopic (exact) mass is 658 g/mol. The van der Waals surface area contributed by atoms with Gasteiger partial charge in [-0.15, -0.1) is 0 Å². The fourth-order valence-corrected chi connectivity index (χ4v) is 8.91. The van der Waals surface area contributed by atoms with Crippen LogP contribution in [0.5, 0.6) is 0 Å². The lowest BCUT2D eigenvalue weighted by Crippen LogP contribution is -2.02. The summed E-state index contributed by atoms with van der Waals surface area (Å²) in [6, 6.07) is 36.0. The minimum atomic E-state index is -3.94. The van der Waals surface area contributed by atoms with Gasteiger partial charge in [0.25, 0.3) is 0 Å². The molecular formula is C38H18N4O4S2. The first-order valence-corrected chi connectivity index (χ1v) is 17.3. The summed E-state index contributed by atoms with van der Waals surface area (Å²) in [5.74, 6) is 0. The highest BCUT2D eigenvalue weighted by molar-refractivity contribution is 7.91. The average Bonchev–Trinajstić information content (AvgIpc) is 3.60.